The maximum atomic E-state index is 12.7. The molecule has 2 rings (SSSR count). The molecule has 162 valence electrons. The molecule has 0 saturated carbocycles. The van der Waals surface area contributed by atoms with Gasteiger partial charge in [-0.05, 0) is 42.0 Å². The van der Waals surface area contributed by atoms with Crippen LogP contribution in [0, 0.1) is 6.92 Å². The van der Waals surface area contributed by atoms with Crippen LogP contribution in [0.3, 0.4) is 0 Å². The highest BCUT2D eigenvalue weighted by molar-refractivity contribution is 5.79. The first kappa shape index (κ1) is 23.6. The molecule has 2 amide bonds. The van der Waals surface area contributed by atoms with Crippen LogP contribution in [-0.2, 0) is 28.9 Å². The molecule has 0 bridgehead atoms. The van der Waals surface area contributed by atoms with Crippen molar-refractivity contribution in [2.24, 2.45) is 0 Å². The number of aliphatic hydroxyl groups is 1. The van der Waals surface area contributed by atoms with Crippen LogP contribution in [0.25, 0.3) is 0 Å². The van der Waals surface area contributed by atoms with Gasteiger partial charge in [-0.15, -0.1) is 0 Å². The lowest BCUT2D eigenvalue weighted by Crippen LogP contribution is -2.52. The van der Waals surface area contributed by atoms with Crippen molar-refractivity contribution in [1.29, 1.82) is 0 Å². The lowest BCUT2D eigenvalue weighted by molar-refractivity contribution is -0.125. The molecule has 0 saturated heterocycles. The Morgan fingerprint density at radius 1 is 1.10 bits per heavy atom. The van der Waals surface area contributed by atoms with Gasteiger partial charge in [-0.1, -0.05) is 55.5 Å². The van der Waals surface area contributed by atoms with Crippen LogP contribution in [0.1, 0.15) is 36.1 Å². The Morgan fingerprint density at radius 2 is 1.80 bits per heavy atom. The van der Waals surface area contributed by atoms with Crippen molar-refractivity contribution >= 4 is 11.8 Å². The van der Waals surface area contributed by atoms with E-state index in [0.717, 1.165) is 17.5 Å². The Hall–Kier alpha value is -2.70. The minimum Gasteiger partial charge on any atom is -0.390 e. The van der Waals surface area contributed by atoms with Gasteiger partial charge in [-0.25, -0.2) is 5.01 Å². The number of aryl methyl sites for hydroxylation is 2. The van der Waals surface area contributed by atoms with Crippen LogP contribution in [0.5, 0.6) is 0 Å². The molecule has 6 nitrogen and oxygen atoms in total. The largest absolute Gasteiger partial charge is 0.390 e. The predicted octanol–water partition coefficient (Wildman–Crippen LogP) is 2.17. The molecule has 6 heteroatoms. The van der Waals surface area contributed by atoms with Crippen LogP contribution in [0.4, 0.5) is 0 Å². The number of aliphatic hydroxyl groups excluding tert-OH is 1. The van der Waals surface area contributed by atoms with Gasteiger partial charge in [-0.3, -0.25) is 15.0 Å². The van der Waals surface area contributed by atoms with Crippen molar-refractivity contribution in [2.75, 3.05) is 13.6 Å². The monoisotopic (exact) mass is 411 g/mol. The van der Waals surface area contributed by atoms with Gasteiger partial charge < -0.3 is 10.4 Å². The van der Waals surface area contributed by atoms with E-state index in [9.17, 15) is 14.7 Å². The third-order valence-corrected chi connectivity index (χ3v) is 5.07. The average Bonchev–Trinajstić information content (AvgIpc) is 2.67. The number of nitrogens with one attached hydrogen (secondary N) is 2. The van der Waals surface area contributed by atoms with E-state index in [0.29, 0.717) is 6.42 Å². The third-order valence-electron chi connectivity index (χ3n) is 5.07. The van der Waals surface area contributed by atoms with E-state index in [4.69, 9.17) is 0 Å². The van der Waals surface area contributed by atoms with E-state index in [1.807, 2.05) is 42.5 Å². The molecular weight excluding hydrogens is 378 g/mol. The number of amides is 2. The molecule has 0 aliphatic rings. The van der Waals surface area contributed by atoms with E-state index in [2.05, 4.69) is 30.7 Å². The predicted molar refractivity (Wildman–Crippen MR) is 119 cm³/mol. The number of rotatable bonds is 10. The van der Waals surface area contributed by atoms with Gasteiger partial charge in [-0.2, -0.15) is 0 Å². The Balaban J connectivity index is 2.08. The lowest BCUT2D eigenvalue weighted by Gasteiger charge is -2.28. The molecule has 0 aromatic heterocycles. The minimum absolute atomic E-state index is 0.138. The van der Waals surface area contributed by atoms with Crippen molar-refractivity contribution in [3.05, 3.63) is 70.8 Å². The molecular formula is C24H33N3O3. The second-order valence-electron chi connectivity index (χ2n) is 7.77. The molecule has 2 atom stereocenters. The molecule has 0 radical (unpaired) electrons. The number of carbonyl (C=O) groups is 2. The van der Waals surface area contributed by atoms with Crippen molar-refractivity contribution < 1.29 is 14.7 Å². The summed E-state index contributed by atoms with van der Waals surface area (Å²) in [5.41, 5.74) is 7.05. The molecule has 3 N–H and O–H groups in total. The second-order valence-corrected chi connectivity index (χ2v) is 7.77. The van der Waals surface area contributed by atoms with Crippen LogP contribution >= 0.6 is 0 Å². The summed E-state index contributed by atoms with van der Waals surface area (Å²) in [6.07, 6.45) is 0.862. The Kier molecular flexibility index (Phi) is 9.02. The maximum absolute atomic E-state index is 12.7. The molecule has 1 unspecified atom stereocenters. The van der Waals surface area contributed by atoms with E-state index >= 15 is 0 Å². The Bertz CT molecular complexity index is 839. The quantitative estimate of drug-likeness (QED) is 0.524. The molecule has 30 heavy (non-hydrogen) atoms. The number of hydrogen-bond donors (Lipinski definition) is 3. The third kappa shape index (κ3) is 7.61. The molecule has 2 aromatic carbocycles. The van der Waals surface area contributed by atoms with Crippen molar-refractivity contribution in [1.82, 2.24) is 15.8 Å². The minimum atomic E-state index is -0.852. The topological polar surface area (TPSA) is 81.7 Å². The summed E-state index contributed by atoms with van der Waals surface area (Å²) in [6.45, 7) is 5.78. The normalized spacial score (nSPS) is 13.0. The zero-order valence-electron chi connectivity index (χ0n) is 18.3. The SMILES string of the molecule is CCc1ccc(CC(=O)N[C@@H](Cc2ccccc2)C(O)CN(C)NC(C)=O)cc1C. The zero-order chi connectivity index (χ0) is 22.1. The van der Waals surface area contributed by atoms with Gasteiger partial charge in [0, 0.05) is 20.5 Å². The fraction of sp³-hybridized carbons (Fsp3) is 0.417. The standard InChI is InChI=1S/C24H33N3O3/c1-5-21-12-11-20(13-17(21)2)15-24(30)25-22(14-19-9-7-6-8-10-19)23(29)16-27(4)26-18(3)28/h6-13,22-23,29H,5,14-16H2,1-4H3,(H,25,30)(H,26,28)/t22-,23?/m0/s1. The zero-order valence-corrected chi connectivity index (χ0v) is 18.3. The van der Waals surface area contributed by atoms with Crippen LogP contribution in [-0.4, -0.2) is 47.7 Å². The highest BCUT2D eigenvalue weighted by Crippen LogP contribution is 2.13. The van der Waals surface area contributed by atoms with Crippen molar-refractivity contribution in [3.8, 4) is 0 Å². The van der Waals surface area contributed by atoms with Crippen LogP contribution in [0.15, 0.2) is 48.5 Å². The fourth-order valence-corrected chi connectivity index (χ4v) is 3.58. The molecule has 0 heterocycles. The molecule has 0 spiro atoms. The van der Waals surface area contributed by atoms with E-state index in [1.54, 1.807) is 7.05 Å². The first-order valence-corrected chi connectivity index (χ1v) is 10.4. The van der Waals surface area contributed by atoms with Crippen LogP contribution < -0.4 is 10.7 Å². The second kappa shape index (κ2) is 11.5. The number of benzene rings is 2. The fourth-order valence-electron chi connectivity index (χ4n) is 3.58. The number of nitrogens with zero attached hydrogens (tertiary/aromatic N) is 1. The van der Waals surface area contributed by atoms with E-state index < -0.39 is 12.1 Å². The highest BCUT2D eigenvalue weighted by Gasteiger charge is 2.23. The van der Waals surface area contributed by atoms with E-state index in [1.165, 1.54) is 23.1 Å². The maximum Gasteiger partial charge on any atom is 0.231 e. The molecule has 0 aliphatic heterocycles. The summed E-state index contributed by atoms with van der Waals surface area (Å²) in [6, 6.07) is 15.4. The Labute approximate surface area is 179 Å². The Morgan fingerprint density at radius 3 is 2.40 bits per heavy atom. The number of likely N-dealkylation sites (N-methyl/N-ethyl adjacent to an activating group) is 1. The molecule has 0 fully saturated rings. The summed E-state index contributed by atoms with van der Waals surface area (Å²) < 4.78 is 0. The summed E-state index contributed by atoms with van der Waals surface area (Å²) >= 11 is 0. The first-order chi connectivity index (χ1) is 14.3. The van der Waals surface area contributed by atoms with Gasteiger partial charge in [0.2, 0.25) is 11.8 Å². The summed E-state index contributed by atoms with van der Waals surface area (Å²) in [4.78, 5) is 24.0. The van der Waals surface area contributed by atoms with Gasteiger partial charge in [0.1, 0.15) is 0 Å². The number of hydrazine groups is 1. The number of carbonyl (C=O) groups excluding carboxylic acids is 2. The average molecular weight is 412 g/mol. The summed E-state index contributed by atoms with van der Waals surface area (Å²) in [5.74, 6) is -0.347. The summed E-state index contributed by atoms with van der Waals surface area (Å²) in [5, 5.41) is 15.3. The molecule has 0 aliphatic carbocycles. The van der Waals surface area contributed by atoms with Crippen molar-refractivity contribution in [2.45, 2.75) is 52.2 Å². The van der Waals surface area contributed by atoms with Gasteiger partial charge in [0.05, 0.1) is 18.6 Å². The first-order valence-electron chi connectivity index (χ1n) is 10.4. The van der Waals surface area contributed by atoms with Gasteiger partial charge in [0.15, 0.2) is 0 Å². The smallest absolute Gasteiger partial charge is 0.231 e. The van der Waals surface area contributed by atoms with Gasteiger partial charge >= 0.3 is 0 Å². The number of hydrogen-bond acceptors (Lipinski definition) is 4. The van der Waals surface area contributed by atoms with Gasteiger partial charge in [0.25, 0.3) is 0 Å². The molecule has 2 aromatic rings. The highest BCUT2D eigenvalue weighted by atomic mass is 16.3. The van der Waals surface area contributed by atoms with Crippen LogP contribution in [0.2, 0.25) is 0 Å². The van der Waals surface area contributed by atoms with E-state index in [-0.39, 0.29) is 24.8 Å². The summed E-state index contributed by atoms with van der Waals surface area (Å²) in [7, 11) is 1.68. The lowest BCUT2D eigenvalue weighted by atomic mass is 9.99. The van der Waals surface area contributed by atoms with Crippen molar-refractivity contribution in [3.63, 3.8) is 0 Å².